The number of hydrogen-bond donors (Lipinski definition) is 0. The molecule has 0 saturated heterocycles. The highest BCUT2D eigenvalue weighted by Gasteiger charge is 2.30. The fourth-order valence-corrected chi connectivity index (χ4v) is 2.50. The van der Waals surface area contributed by atoms with Gasteiger partial charge in [-0.15, -0.1) is 0 Å². The molecule has 21 heavy (non-hydrogen) atoms. The Hall–Kier alpha value is -1.55. The van der Waals surface area contributed by atoms with Crippen molar-refractivity contribution in [2.75, 3.05) is 0 Å². The van der Waals surface area contributed by atoms with E-state index in [0.717, 1.165) is 11.6 Å². The second-order valence-corrected chi connectivity index (χ2v) is 6.27. The van der Waals surface area contributed by atoms with Crippen LogP contribution in [0.1, 0.15) is 25.0 Å². The van der Waals surface area contributed by atoms with Gasteiger partial charge in [0.25, 0.3) is 0 Å². The highest BCUT2D eigenvalue weighted by Crippen LogP contribution is 2.28. The van der Waals surface area contributed by atoms with Crippen molar-refractivity contribution in [2.45, 2.75) is 25.7 Å². The summed E-state index contributed by atoms with van der Waals surface area (Å²) < 4.78 is 27.9. The van der Waals surface area contributed by atoms with E-state index in [1.807, 2.05) is 30.3 Å². The van der Waals surface area contributed by atoms with Gasteiger partial charge in [-0.2, -0.15) is 0 Å². The first-order valence-electron chi connectivity index (χ1n) is 6.55. The summed E-state index contributed by atoms with van der Waals surface area (Å²) in [5.41, 5.74) is -0.174. The van der Waals surface area contributed by atoms with Crippen LogP contribution in [0.25, 0.3) is 0 Å². The molecule has 0 saturated carbocycles. The normalized spacial score (nSPS) is 11.5. The van der Waals surface area contributed by atoms with Gasteiger partial charge in [0, 0.05) is 17.4 Å². The van der Waals surface area contributed by atoms with Crippen molar-refractivity contribution in [1.29, 1.82) is 0 Å². The van der Waals surface area contributed by atoms with E-state index in [4.69, 9.17) is 0 Å². The number of carbonyl (C=O) groups is 1. The molecule has 110 valence electrons. The maximum atomic E-state index is 14.0. The first kappa shape index (κ1) is 15.8. The fraction of sp³-hybridized carbons (Fsp3) is 0.235. The Kier molecular flexibility index (Phi) is 4.57. The lowest BCUT2D eigenvalue weighted by molar-refractivity contribution is -0.122. The van der Waals surface area contributed by atoms with E-state index in [1.54, 1.807) is 13.8 Å². The predicted octanol–water partition coefficient (Wildman–Crippen LogP) is 4.82. The molecule has 0 aliphatic rings. The smallest absolute Gasteiger partial charge is 0.147 e. The highest BCUT2D eigenvalue weighted by atomic mass is 79.9. The van der Waals surface area contributed by atoms with Crippen molar-refractivity contribution in [3.63, 3.8) is 0 Å². The van der Waals surface area contributed by atoms with Gasteiger partial charge < -0.3 is 0 Å². The van der Waals surface area contributed by atoms with Crippen LogP contribution in [0.3, 0.4) is 0 Å². The van der Waals surface area contributed by atoms with E-state index >= 15 is 0 Å². The molecule has 0 aliphatic carbocycles. The van der Waals surface area contributed by atoms with Gasteiger partial charge in [0.15, 0.2) is 0 Å². The summed E-state index contributed by atoms with van der Waals surface area (Å²) >= 11 is 3.01. The average Bonchev–Trinajstić information content (AvgIpc) is 2.48. The summed E-state index contributed by atoms with van der Waals surface area (Å²) in [5.74, 6) is -1.65. The van der Waals surface area contributed by atoms with E-state index in [9.17, 15) is 13.6 Å². The van der Waals surface area contributed by atoms with Crippen LogP contribution < -0.4 is 0 Å². The van der Waals surface area contributed by atoms with Crippen LogP contribution in [0.2, 0.25) is 0 Å². The Bertz CT molecular complexity index is 666. The summed E-state index contributed by atoms with van der Waals surface area (Å²) in [6, 6.07) is 11.7. The summed E-state index contributed by atoms with van der Waals surface area (Å²) in [4.78, 5) is 12.5. The lowest BCUT2D eigenvalue weighted by Crippen LogP contribution is -2.31. The minimum Gasteiger partial charge on any atom is -0.298 e. The Balaban J connectivity index is 2.33. The standard InChI is InChI=1S/C17H15BrF2O/c1-17(2,11-6-4-3-5-7-11)15(21)10-12-14(19)9-8-13(18)16(12)20/h3-9H,10H2,1-2H3. The van der Waals surface area contributed by atoms with Gasteiger partial charge >= 0.3 is 0 Å². The molecule has 2 aromatic carbocycles. The molecule has 0 radical (unpaired) electrons. The number of carbonyl (C=O) groups excluding carboxylic acids is 1. The first-order valence-corrected chi connectivity index (χ1v) is 7.34. The molecular weight excluding hydrogens is 338 g/mol. The molecule has 1 nitrogen and oxygen atoms in total. The molecule has 2 rings (SSSR count). The summed E-state index contributed by atoms with van der Waals surface area (Å²) in [6.07, 6.45) is -0.279. The molecule has 0 N–H and O–H groups in total. The van der Waals surface area contributed by atoms with Crippen molar-refractivity contribution >= 4 is 21.7 Å². The molecule has 0 atom stereocenters. The van der Waals surface area contributed by atoms with Crippen molar-refractivity contribution < 1.29 is 13.6 Å². The topological polar surface area (TPSA) is 17.1 Å². The Morgan fingerprint density at radius 1 is 1.10 bits per heavy atom. The fourth-order valence-electron chi connectivity index (χ4n) is 2.13. The third-order valence-corrected chi connectivity index (χ3v) is 4.28. The number of halogens is 3. The van der Waals surface area contributed by atoms with Crippen LogP contribution in [0.5, 0.6) is 0 Å². The van der Waals surface area contributed by atoms with E-state index in [0.29, 0.717) is 0 Å². The highest BCUT2D eigenvalue weighted by molar-refractivity contribution is 9.10. The van der Waals surface area contributed by atoms with Crippen LogP contribution in [0, 0.1) is 11.6 Å². The van der Waals surface area contributed by atoms with Crippen molar-refractivity contribution in [1.82, 2.24) is 0 Å². The summed E-state index contributed by atoms with van der Waals surface area (Å²) in [7, 11) is 0. The molecule has 4 heteroatoms. The third kappa shape index (κ3) is 3.21. The van der Waals surface area contributed by atoms with E-state index in [2.05, 4.69) is 15.9 Å². The van der Waals surface area contributed by atoms with Crippen LogP contribution in [0.15, 0.2) is 46.9 Å². The minimum atomic E-state index is -0.803. The second kappa shape index (κ2) is 6.06. The molecular formula is C17H15BrF2O. The number of ketones is 1. The zero-order chi connectivity index (χ0) is 15.6. The van der Waals surface area contributed by atoms with Crippen LogP contribution in [-0.2, 0) is 16.6 Å². The molecule has 0 unspecified atom stereocenters. The third-order valence-electron chi connectivity index (χ3n) is 3.67. The summed E-state index contributed by atoms with van der Waals surface area (Å²) in [5, 5.41) is 0. The second-order valence-electron chi connectivity index (χ2n) is 5.41. The predicted molar refractivity (Wildman–Crippen MR) is 82.2 cm³/mol. The monoisotopic (exact) mass is 352 g/mol. The van der Waals surface area contributed by atoms with Gasteiger partial charge in [-0.25, -0.2) is 8.78 Å². The SMILES string of the molecule is CC(C)(C(=O)Cc1c(F)ccc(Br)c1F)c1ccccc1. The Labute approximate surface area is 131 Å². The number of benzene rings is 2. The lowest BCUT2D eigenvalue weighted by Gasteiger charge is -2.24. The zero-order valence-corrected chi connectivity index (χ0v) is 13.4. The van der Waals surface area contributed by atoms with Gasteiger partial charge in [0.05, 0.1) is 4.47 Å². The molecule has 0 bridgehead atoms. The quantitative estimate of drug-likeness (QED) is 0.721. The zero-order valence-electron chi connectivity index (χ0n) is 11.8. The van der Waals surface area contributed by atoms with Crippen molar-refractivity contribution in [2.24, 2.45) is 0 Å². The average molecular weight is 353 g/mol. The largest absolute Gasteiger partial charge is 0.298 e. The number of rotatable bonds is 4. The molecule has 0 aliphatic heterocycles. The van der Waals surface area contributed by atoms with Gasteiger partial charge in [-0.1, -0.05) is 30.3 Å². The maximum absolute atomic E-state index is 14.0. The lowest BCUT2D eigenvalue weighted by atomic mass is 9.78. The molecule has 0 aromatic heterocycles. The molecule has 0 heterocycles. The first-order chi connectivity index (χ1) is 9.84. The number of hydrogen-bond acceptors (Lipinski definition) is 1. The van der Waals surface area contributed by atoms with E-state index in [-0.39, 0.29) is 22.2 Å². The van der Waals surface area contributed by atoms with Gasteiger partial charge in [-0.3, -0.25) is 4.79 Å². The maximum Gasteiger partial charge on any atom is 0.147 e. The van der Waals surface area contributed by atoms with Crippen LogP contribution >= 0.6 is 15.9 Å². The van der Waals surface area contributed by atoms with Crippen molar-refractivity contribution in [3.05, 3.63) is 69.7 Å². The molecule has 0 spiro atoms. The van der Waals surface area contributed by atoms with Gasteiger partial charge in [0.1, 0.15) is 17.4 Å². The van der Waals surface area contributed by atoms with Crippen LogP contribution in [0.4, 0.5) is 8.78 Å². The van der Waals surface area contributed by atoms with E-state index in [1.165, 1.54) is 6.07 Å². The van der Waals surface area contributed by atoms with Gasteiger partial charge in [0.2, 0.25) is 0 Å². The van der Waals surface area contributed by atoms with Crippen LogP contribution in [-0.4, -0.2) is 5.78 Å². The van der Waals surface area contributed by atoms with Crippen molar-refractivity contribution in [3.8, 4) is 0 Å². The van der Waals surface area contributed by atoms with E-state index < -0.39 is 17.0 Å². The van der Waals surface area contributed by atoms with Gasteiger partial charge in [-0.05, 0) is 47.5 Å². The molecule has 0 amide bonds. The molecule has 0 fully saturated rings. The molecule has 2 aromatic rings. The summed E-state index contributed by atoms with van der Waals surface area (Å²) in [6.45, 7) is 3.52. The Morgan fingerprint density at radius 3 is 2.33 bits per heavy atom. The number of Topliss-reactive ketones (excluding diaryl/α,β-unsaturated/α-hetero) is 1. The minimum absolute atomic E-state index is 0.157. The Morgan fingerprint density at radius 2 is 1.71 bits per heavy atom.